The molecule has 0 amide bonds. The lowest BCUT2D eigenvalue weighted by atomic mass is 10.2. The van der Waals surface area contributed by atoms with Crippen LogP contribution < -0.4 is 5.32 Å². The fraction of sp³-hybridized carbons (Fsp3) is 0.0769. The number of benzene rings is 2. The number of phenolic OH excluding ortho intramolecular Hbond substituents is 1. The van der Waals surface area contributed by atoms with Crippen LogP contribution in [0.1, 0.15) is 5.56 Å². The zero-order valence-electron chi connectivity index (χ0n) is 10.4. The van der Waals surface area contributed by atoms with E-state index in [0.29, 0.717) is 21.2 Å². The third kappa shape index (κ3) is 3.87. The minimum absolute atomic E-state index is 0.0549. The predicted octanol–water partition coefficient (Wildman–Crippen LogP) is 5.09. The highest BCUT2D eigenvalue weighted by Crippen LogP contribution is 2.34. The molecule has 21 heavy (non-hydrogen) atoms. The summed E-state index contributed by atoms with van der Waals surface area (Å²) >= 11 is 12.5. The number of aromatic hydroxyl groups is 1. The van der Waals surface area contributed by atoms with Gasteiger partial charge in [0.15, 0.2) is 0 Å². The van der Waals surface area contributed by atoms with Gasteiger partial charge in [0.1, 0.15) is 5.75 Å². The standard InChI is InChI=1S/C13H9Br2ClN2O3/c14-9-3-7(4-10(15)13(9)19)6-17-12-2-1-8(18(20)21)5-11(12)16/h1-5,17,19H,6H2. The smallest absolute Gasteiger partial charge is 0.271 e. The quantitative estimate of drug-likeness (QED) is 0.517. The van der Waals surface area contributed by atoms with Gasteiger partial charge in [0.05, 0.1) is 24.6 Å². The van der Waals surface area contributed by atoms with Crippen molar-refractivity contribution in [3.63, 3.8) is 0 Å². The molecule has 0 atom stereocenters. The Morgan fingerprint density at radius 3 is 2.38 bits per heavy atom. The predicted molar refractivity (Wildman–Crippen MR) is 88.9 cm³/mol. The van der Waals surface area contributed by atoms with Gasteiger partial charge in [-0.15, -0.1) is 0 Å². The summed E-state index contributed by atoms with van der Waals surface area (Å²) in [5, 5.41) is 23.7. The number of hydrogen-bond acceptors (Lipinski definition) is 4. The van der Waals surface area contributed by atoms with Gasteiger partial charge in [-0.25, -0.2) is 0 Å². The highest BCUT2D eigenvalue weighted by molar-refractivity contribution is 9.11. The number of nitro benzene ring substituents is 1. The first-order valence-corrected chi connectivity index (χ1v) is 7.69. The Morgan fingerprint density at radius 2 is 1.86 bits per heavy atom. The molecule has 2 rings (SSSR count). The molecule has 0 saturated carbocycles. The molecule has 2 aromatic carbocycles. The number of nitrogens with one attached hydrogen (secondary N) is 1. The summed E-state index contributed by atoms with van der Waals surface area (Å²) in [6.45, 7) is 0.453. The average molecular weight is 436 g/mol. The summed E-state index contributed by atoms with van der Waals surface area (Å²) in [6, 6.07) is 7.78. The summed E-state index contributed by atoms with van der Waals surface area (Å²) < 4.78 is 1.15. The molecule has 8 heteroatoms. The Morgan fingerprint density at radius 1 is 1.24 bits per heavy atom. The van der Waals surface area contributed by atoms with Crippen molar-refractivity contribution >= 4 is 54.8 Å². The van der Waals surface area contributed by atoms with Gasteiger partial charge >= 0.3 is 0 Å². The van der Waals surface area contributed by atoms with Gasteiger partial charge in [-0.1, -0.05) is 11.6 Å². The third-order valence-electron chi connectivity index (χ3n) is 2.72. The number of halogens is 3. The lowest BCUT2D eigenvalue weighted by Gasteiger charge is -2.10. The first-order valence-electron chi connectivity index (χ1n) is 5.73. The second-order valence-corrected chi connectivity index (χ2v) is 6.30. The molecule has 0 saturated heterocycles. The largest absolute Gasteiger partial charge is 0.506 e. The van der Waals surface area contributed by atoms with Crippen LogP contribution in [-0.4, -0.2) is 10.0 Å². The Bertz CT molecular complexity index is 687. The van der Waals surface area contributed by atoms with Crippen molar-refractivity contribution in [3.05, 3.63) is 60.0 Å². The van der Waals surface area contributed by atoms with E-state index in [-0.39, 0.29) is 16.5 Å². The second-order valence-electron chi connectivity index (χ2n) is 4.18. The van der Waals surface area contributed by atoms with Crippen molar-refractivity contribution in [1.29, 1.82) is 0 Å². The molecule has 2 aromatic rings. The fourth-order valence-corrected chi connectivity index (χ4v) is 3.20. The molecular formula is C13H9Br2ClN2O3. The van der Waals surface area contributed by atoms with Crippen LogP contribution in [0.25, 0.3) is 0 Å². The van der Waals surface area contributed by atoms with Crippen LogP contribution in [0.2, 0.25) is 5.02 Å². The van der Waals surface area contributed by atoms with Gasteiger partial charge in [0.25, 0.3) is 5.69 Å². The maximum absolute atomic E-state index is 10.6. The molecule has 110 valence electrons. The molecule has 0 fully saturated rings. The van der Waals surface area contributed by atoms with E-state index in [4.69, 9.17) is 11.6 Å². The van der Waals surface area contributed by atoms with Crippen LogP contribution in [0, 0.1) is 10.1 Å². The lowest BCUT2D eigenvalue weighted by molar-refractivity contribution is -0.384. The van der Waals surface area contributed by atoms with E-state index in [1.807, 2.05) is 0 Å². The number of anilines is 1. The van der Waals surface area contributed by atoms with Crippen LogP contribution in [0.5, 0.6) is 5.75 Å². The van der Waals surface area contributed by atoms with Gasteiger partial charge in [-0.05, 0) is 55.6 Å². The van der Waals surface area contributed by atoms with E-state index in [1.54, 1.807) is 18.2 Å². The number of hydrogen-bond donors (Lipinski definition) is 2. The lowest BCUT2D eigenvalue weighted by Crippen LogP contribution is -2.00. The molecule has 0 radical (unpaired) electrons. The van der Waals surface area contributed by atoms with Crippen LogP contribution in [0.4, 0.5) is 11.4 Å². The monoisotopic (exact) mass is 434 g/mol. The Kier molecular flexibility index (Phi) is 5.08. The SMILES string of the molecule is O=[N+]([O-])c1ccc(NCc2cc(Br)c(O)c(Br)c2)c(Cl)c1. The van der Waals surface area contributed by atoms with Crippen molar-refractivity contribution in [2.24, 2.45) is 0 Å². The van der Waals surface area contributed by atoms with Crippen molar-refractivity contribution in [1.82, 2.24) is 0 Å². The van der Waals surface area contributed by atoms with E-state index in [9.17, 15) is 15.2 Å². The van der Waals surface area contributed by atoms with Crippen molar-refractivity contribution in [2.45, 2.75) is 6.54 Å². The van der Waals surface area contributed by atoms with E-state index in [2.05, 4.69) is 37.2 Å². The molecule has 0 aliphatic heterocycles. The summed E-state index contributed by atoms with van der Waals surface area (Å²) in [7, 11) is 0. The summed E-state index contributed by atoms with van der Waals surface area (Å²) in [5.41, 5.74) is 1.45. The average Bonchev–Trinajstić information content (AvgIpc) is 2.43. The van der Waals surface area contributed by atoms with Crippen molar-refractivity contribution in [2.75, 3.05) is 5.32 Å². The van der Waals surface area contributed by atoms with E-state index >= 15 is 0 Å². The summed E-state index contributed by atoms with van der Waals surface area (Å²) in [6.07, 6.45) is 0. The maximum Gasteiger partial charge on any atom is 0.271 e. The minimum Gasteiger partial charge on any atom is -0.506 e. The second kappa shape index (κ2) is 6.64. The minimum atomic E-state index is -0.496. The molecule has 0 aliphatic rings. The highest BCUT2D eigenvalue weighted by atomic mass is 79.9. The number of rotatable bonds is 4. The molecule has 0 aliphatic carbocycles. The van der Waals surface area contributed by atoms with Crippen LogP contribution in [-0.2, 0) is 6.54 Å². The molecule has 0 bridgehead atoms. The highest BCUT2D eigenvalue weighted by Gasteiger charge is 2.10. The van der Waals surface area contributed by atoms with Crippen LogP contribution in [0.15, 0.2) is 39.3 Å². The number of phenols is 1. The fourth-order valence-electron chi connectivity index (χ4n) is 1.68. The number of nitrogens with zero attached hydrogens (tertiary/aromatic N) is 1. The Labute approximate surface area is 142 Å². The topological polar surface area (TPSA) is 75.4 Å². The first kappa shape index (κ1) is 16.1. The van der Waals surface area contributed by atoms with Gasteiger partial charge in [-0.2, -0.15) is 0 Å². The third-order valence-corrected chi connectivity index (χ3v) is 4.24. The normalized spacial score (nSPS) is 10.4. The maximum atomic E-state index is 10.6. The molecule has 5 nitrogen and oxygen atoms in total. The molecule has 0 heterocycles. The summed E-state index contributed by atoms with van der Waals surface area (Å²) in [5.74, 6) is 0.132. The molecule has 0 spiro atoms. The van der Waals surface area contributed by atoms with Crippen LogP contribution in [0.3, 0.4) is 0 Å². The molecular weight excluding hydrogens is 427 g/mol. The molecule has 0 unspecified atom stereocenters. The van der Waals surface area contributed by atoms with Gasteiger partial charge in [-0.3, -0.25) is 10.1 Å². The van der Waals surface area contributed by atoms with Crippen molar-refractivity contribution in [3.8, 4) is 5.75 Å². The van der Waals surface area contributed by atoms with Crippen LogP contribution >= 0.6 is 43.5 Å². The van der Waals surface area contributed by atoms with E-state index < -0.39 is 4.92 Å². The Hall–Kier alpha value is -1.31. The Balaban J connectivity index is 2.15. The number of nitro groups is 1. The van der Waals surface area contributed by atoms with E-state index in [1.165, 1.54) is 12.1 Å². The number of non-ortho nitro benzene ring substituents is 1. The van der Waals surface area contributed by atoms with E-state index in [0.717, 1.165) is 5.56 Å². The molecule has 2 N–H and O–H groups in total. The molecule has 0 aromatic heterocycles. The van der Waals surface area contributed by atoms with Gasteiger partial charge in [0, 0.05) is 18.7 Å². The first-order chi connectivity index (χ1) is 9.88. The zero-order valence-corrected chi connectivity index (χ0v) is 14.4. The van der Waals surface area contributed by atoms with Gasteiger partial charge in [0.2, 0.25) is 0 Å². The zero-order chi connectivity index (χ0) is 15.6. The van der Waals surface area contributed by atoms with Crippen molar-refractivity contribution < 1.29 is 10.0 Å². The van der Waals surface area contributed by atoms with Gasteiger partial charge < -0.3 is 10.4 Å². The summed E-state index contributed by atoms with van der Waals surface area (Å²) in [4.78, 5) is 10.1.